The lowest BCUT2D eigenvalue weighted by molar-refractivity contribution is -0.129. The zero-order valence-electron chi connectivity index (χ0n) is 9.11. The Labute approximate surface area is 90.4 Å². The van der Waals surface area contributed by atoms with Gasteiger partial charge in [-0.25, -0.2) is 0 Å². The molecule has 1 aliphatic carbocycles. The Balaban J connectivity index is 1.94. The molecule has 4 nitrogen and oxygen atoms in total. The third-order valence-corrected chi connectivity index (χ3v) is 4.03. The highest BCUT2D eigenvalue weighted by molar-refractivity contribution is 5.78. The predicted octanol–water partition coefficient (Wildman–Crippen LogP) is -0.0438. The van der Waals surface area contributed by atoms with Gasteiger partial charge in [0.1, 0.15) is 0 Å². The maximum Gasteiger partial charge on any atom is 0.236 e. The third-order valence-electron chi connectivity index (χ3n) is 4.03. The molecule has 0 aromatic rings. The van der Waals surface area contributed by atoms with Crippen LogP contribution in [0, 0.1) is 11.3 Å². The van der Waals surface area contributed by atoms with Crippen molar-refractivity contribution in [2.24, 2.45) is 17.1 Å². The Morgan fingerprint density at radius 2 is 2.33 bits per heavy atom. The van der Waals surface area contributed by atoms with E-state index in [2.05, 4.69) is 0 Å². The Hall–Kier alpha value is -0.610. The molecule has 15 heavy (non-hydrogen) atoms. The van der Waals surface area contributed by atoms with E-state index in [4.69, 9.17) is 10.8 Å². The van der Waals surface area contributed by atoms with Crippen LogP contribution in [0.1, 0.15) is 25.7 Å². The molecule has 2 fully saturated rings. The van der Waals surface area contributed by atoms with Crippen LogP contribution in [-0.4, -0.2) is 42.2 Å². The van der Waals surface area contributed by atoms with Crippen LogP contribution in [0.25, 0.3) is 0 Å². The molecule has 0 aromatic heterocycles. The second-order valence-corrected chi connectivity index (χ2v) is 5.06. The zero-order chi connectivity index (χ0) is 10.9. The summed E-state index contributed by atoms with van der Waals surface area (Å²) in [6, 6.07) is 0. The molecule has 1 saturated heterocycles. The van der Waals surface area contributed by atoms with Gasteiger partial charge >= 0.3 is 0 Å². The van der Waals surface area contributed by atoms with Crippen LogP contribution in [0.3, 0.4) is 0 Å². The minimum Gasteiger partial charge on any atom is -0.396 e. The van der Waals surface area contributed by atoms with Crippen LogP contribution < -0.4 is 5.73 Å². The maximum absolute atomic E-state index is 11.5. The zero-order valence-corrected chi connectivity index (χ0v) is 9.11. The predicted molar refractivity (Wildman–Crippen MR) is 57.1 cm³/mol. The number of hydrogen-bond donors (Lipinski definition) is 2. The van der Waals surface area contributed by atoms with Gasteiger partial charge in [-0.1, -0.05) is 0 Å². The first-order chi connectivity index (χ1) is 7.19. The lowest BCUT2D eigenvalue weighted by Crippen LogP contribution is -2.35. The highest BCUT2D eigenvalue weighted by Gasteiger charge is 2.44. The topological polar surface area (TPSA) is 66.6 Å². The normalized spacial score (nSPS) is 35.3. The largest absolute Gasteiger partial charge is 0.396 e. The Kier molecular flexibility index (Phi) is 2.98. The Morgan fingerprint density at radius 1 is 1.53 bits per heavy atom. The highest BCUT2D eigenvalue weighted by Crippen LogP contribution is 2.47. The quantitative estimate of drug-likeness (QED) is 0.675. The summed E-state index contributed by atoms with van der Waals surface area (Å²) in [6.45, 7) is 2.14. The molecular weight excluding hydrogens is 192 g/mol. The molecule has 3 N–H and O–H groups in total. The minimum absolute atomic E-state index is 0.0688. The van der Waals surface area contributed by atoms with Gasteiger partial charge in [-0.3, -0.25) is 4.79 Å². The third kappa shape index (κ3) is 2.01. The van der Waals surface area contributed by atoms with Crippen molar-refractivity contribution >= 4 is 5.91 Å². The average Bonchev–Trinajstić information content (AvgIpc) is 2.86. The molecule has 2 rings (SSSR count). The summed E-state index contributed by atoms with van der Waals surface area (Å²) in [5.74, 6) is 0.525. The SMILES string of the molecule is NCC(=O)N1CC[C@@]2(CC[C@@H](CO)C2)C1. The van der Waals surface area contributed by atoms with E-state index in [1.807, 2.05) is 4.90 Å². The molecule has 0 unspecified atom stereocenters. The van der Waals surface area contributed by atoms with Crippen molar-refractivity contribution in [2.75, 3.05) is 26.2 Å². The molecule has 0 aromatic carbocycles. The number of aliphatic hydroxyl groups is 1. The van der Waals surface area contributed by atoms with Crippen LogP contribution in [0.15, 0.2) is 0 Å². The van der Waals surface area contributed by atoms with Crippen molar-refractivity contribution in [3.63, 3.8) is 0 Å². The second-order valence-electron chi connectivity index (χ2n) is 5.06. The van der Waals surface area contributed by atoms with E-state index in [0.717, 1.165) is 38.8 Å². The van der Waals surface area contributed by atoms with Gasteiger partial charge in [0.2, 0.25) is 5.91 Å². The summed E-state index contributed by atoms with van der Waals surface area (Å²) in [7, 11) is 0. The van der Waals surface area contributed by atoms with Gasteiger partial charge in [0.15, 0.2) is 0 Å². The van der Waals surface area contributed by atoms with Gasteiger partial charge in [-0.05, 0) is 37.0 Å². The summed E-state index contributed by atoms with van der Waals surface area (Å²) < 4.78 is 0. The molecule has 86 valence electrons. The van der Waals surface area contributed by atoms with Gasteiger partial charge in [-0.15, -0.1) is 0 Å². The molecule has 0 radical (unpaired) electrons. The number of carbonyl (C=O) groups excluding carboxylic acids is 1. The number of nitrogens with zero attached hydrogens (tertiary/aromatic N) is 1. The number of rotatable bonds is 2. The maximum atomic E-state index is 11.5. The molecule has 1 saturated carbocycles. The van der Waals surface area contributed by atoms with Crippen molar-refractivity contribution in [3.8, 4) is 0 Å². The molecule has 4 heteroatoms. The number of likely N-dealkylation sites (tertiary alicyclic amines) is 1. The van der Waals surface area contributed by atoms with E-state index < -0.39 is 0 Å². The number of aliphatic hydroxyl groups excluding tert-OH is 1. The fourth-order valence-electron chi connectivity index (χ4n) is 3.13. The highest BCUT2D eigenvalue weighted by atomic mass is 16.3. The molecule has 1 aliphatic heterocycles. The van der Waals surface area contributed by atoms with Crippen molar-refractivity contribution < 1.29 is 9.90 Å². The van der Waals surface area contributed by atoms with Crippen LogP contribution in [0.5, 0.6) is 0 Å². The second kappa shape index (κ2) is 4.10. The standard InChI is InChI=1S/C11H20N2O2/c12-6-10(15)13-4-3-11(8-13)2-1-9(5-11)7-14/h9,14H,1-8,12H2/t9-,11-/m1/s1. The summed E-state index contributed by atoms with van der Waals surface area (Å²) in [5, 5.41) is 9.13. The van der Waals surface area contributed by atoms with Gasteiger partial charge in [0, 0.05) is 19.7 Å². The summed E-state index contributed by atoms with van der Waals surface area (Å²) in [4.78, 5) is 13.3. The van der Waals surface area contributed by atoms with Gasteiger partial charge in [-0.2, -0.15) is 0 Å². The Bertz CT molecular complexity index is 257. The van der Waals surface area contributed by atoms with E-state index in [0.29, 0.717) is 17.9 Å². The smallest absolute Gasteiger partial charge is 0.236 e. The van der Waals surface area contributed by atoms with Crippen LogP contribution in [0.2, 0.25) is 0 Å². The van der Waals surface area contributed by atoms with E-state index in [-0.39, 0.29) is 12.5 Å². The van der Waals surface area contributed by atoms with Crippen molar-refractivity contribution in [3.05, 3.63) is 0 Å². The summed E-state index contributed by atoms with van der Waals surface area (Å²) in [5.41, 5.74) is 5.67. The van der Waals surface area contributed by atoms with E-state index >= 15 is 0 Å². The summed E-state index contributed by atoms with van der Waals surface area (Å²) >= 11 is 0. The number of carbonyl (C=O) groups is 1. The minimum atomic E-state index is 0.0688. The van der Waals surface area contributed by atoms with Crippen molar-refractivity contribution in [1.82, 2.24) is 4.90 Å². The Morgan fingerprint density at radius 3 is 2.93 bits per heavy atom. The first kappa shape index (κ1) is 10.9. The van der Waals surface area contributed by atoms with Gasteiger partial charge in [0.05, 0.1) is 6.54 Å². The van der Waals surface area contributed by atoms with Crippen molar-refractivity contribution in [1.29, 1.82) is 0 Å². The molecule has 1 amide bonds. The van der Waals surface area contributed by atoms with Crippen molar-refractivity contribution in [2.45, 2.75) is 25.7 Å². The number of amides is 1. The number of nitrogens with two attached hydrogens (primary N) is 1. The van der Waals surface area contributed by atoms with Gasteiger partial charge < -0.3 is 15.7 Å². The van der Waals surface area contributed by atoms with E-state index in [9.17, 15) is 4.79 Å². The first-order valence-electron chi connectivity index (χ1n) is 5.78. The summed E-state index contributed by atoms with van der Waals surface area (Å²) in [6.07, 6.45) is 4.45. The molecule has 2 aliphatic rings. The fourth-order valence-corrected chi connectivity index (χ4v) is 3.13. The van der Waals surface area contributed by atoms with E-state index in [1.165, 1.54) is 0 Å². The van der Waals surface area contributed by atoms with Gasteiger partial charge in [0.25, 0.3) is 0 Å². The molecule has 0 bridgehead atoms. The molecule has 1 spiro atoms. The molecular formula is C11H20N2O2. The monoisotopic (exact) mass is 212 g/mol. The average molecular weight is 212 g/mol. The van der Waals surface area contributed by atoms with Crippen LogP contribution in [-0.2, 0) is 4.79 Å². The van der Waals surface area contributed by atoms with Crippen LogP contribution in [0.4, 0.5) is 0 Å². The first-order valence-corrected chi connectivity index (χ1v) is 5.78. The van der Waals surface area contributed by atoms with Crippen LogP contribution >= 0.6 is 0 Å². The lowest BCUT2D eigenvalue weighted by atomic mass is 9.84. The lowest BCUT2D eigenvalue weighted by Gasteiger charge is -2.23. The van der Waals surface area contributed by atoms with E-state index in [1.54, 1.807) is 0 Å². The number of hydrogen-bond acceptors (Lipinski definition) is 3. The fraction of sp³-hybridized carbons (Fsp3) is 0.909. The molecule has 2 atom stereocenters. The molecule has 1 heterocycles.